The number of nitrogens with one attached hydrogen (secondary N) is 1. The zero-order chi connectivity index (χ0) is 14.6. The van der Waals surface area contributed by atoms with Gasteiger partial charge in [-0.3, -0.25) is 0 Å². The van der Waals surface area contributed by atoms with Crippen LogP contribution < -0.4 is 20.9 Å². The first-order chi connectivity index (χ1) is 8.90. The second-order valence-corrected chi connectivity index (χ2v) is 9.76. The van der Waals surface area contributed by atoms with Crippen LogP contribution in [0.15, 0.2) is 6.07 Å². The molecule has 0 aliphatic carbocycles. The molecular formula is C12H13Hg2NO4. The number of ether oxygens (including phenoxy) is 2. The quantitative estimate of drug-likeness (QED) is 0.365. The Labute approximate surface area is 144 Å². The van der Waals surface area contributed by atoms with Crippen molar-refractivity contribution in [1.29, 1.82) is 0 Å². The number of amides is 1. The van der Waals surface area contributed by atoms with Gasteiger partial charge in [0.25, 0.3) is 0 Å². The summed E-state index contributed by atoms with van der Waals surface area (Å²) in [5.74, 6) is 1.04. The van der Waals surface area contributed by atoms with Crippen LogP contribution in [0.3, 0.4) is 0 Å². The van der Waals surface area contributed by atoms with Crippen molar-refractivity contribution in [1.82, 2.24) is 0 Å². The van der Waals surface area contributed by atoms with Crippen molar-refractivity contribution < 1.29 is 71.3 Å². The van der Waals surface area contributed by atoms with E-state index in [4.69, 9.17) is 9.47 Å². The molecule has 7 heteroatoms. The van der Waals surface area contributed by atoms with Crippen LogP contribution in [0, 0.1) is 0 Å². The normalized spacial score (nSPS) is 10.1. The van der Waals surface area contributed by atoms with E-state index in [9.17, 15) is 9.59 Å². The first kappa shape index (κ1) is 16.9. The molecule has 1 aromatic rings. The number of methoxy groups -OCH3 is 2. The minimum atomic E-state index is -0.314. The van der Waals surface area contributed by atoms with Crippen molar-refractivity contribution in [3.8, 4) is 11.5 Å². The van der Waals surface area contributed by atoms with Crippen molar-refractivity contribution in [2.75, 3.05) is 19.5 Å². The Balaban J connectivity index is 3.17. The van der Waals surface area contributed by atoms with Crippen LogP contribution in [0.2, 0.25) is 0 Å². The van der Waals surface area contributed by atoms with Gasteiger partial charge >= 0.3 is 145 Å². The second kappa shape index (κ2) is 7.57. The van der Waals surface area contributed by atoms with Gasteiger partial charge in [-0.15, -0.1) is 0 Å². The number of anilines is 1. The van der Waals surface area contributed by atoms with E-state index >= 15 is 0 Å². The maximum absolute atomic E-state index is 11.7. The van der Waals surface area contributed by atoms with Gasteiger partial charge in [0.2, 0.25) is 0 Å². The summed E-state index contributed by atoms with van der Waals surface area (Å²) in [6, 6.07) is 1.90. The summed E-state index contributed by atoms with van der Waals surface area (Å²) < 4.78 is 12.9. The molecule has 0 bridgehead atoms. The van der Waals surface area contributed by atoms with E-state index in [2.05, 4.69) is 5.32 Å². The van der Waals surface area contributed by atoms with Crippen LogP contribution in [0.5, 0.6) is 11.5 Å². The molecule has 0 atom stereocenters. The summed E-state index contributed by atoms with van der Waals surface area (Å²) in [7, 11) is 3.21. The van der Waals surface area contributed by atoms with Gasteiger partial charge in [0.1, 0.15) is 0 Å². The predicted octanol–water partition coefficient (Wildman–Crippen LogP) is -0.0344. The van der Waals surface area contributed by atoms with E-state index in [-0.39, 0.29) is 44.2 Å². The third-order valence-electron chi connectivity index (χ3n) is 2.52. The summed E-state index contributed by atoms with van der Waals surface area (Å²) in [5, 5.41) is 2.77. The van der Waals surface area contributed by atoms with Gasteiger partial charge in [-0.05, 0) is 0 Å². The number of rotatable bonds is 5. The summed E-state index contributed by atoms with van der Waals surface area (Å²) in [6.07, 6.45) is -0.120. The van der Waals surface area contributed by atoms with Crippen molar-refractivity contribution in [2.24, 2.45) is 0 Å². The number of hydrogen-bond acceptors (Lipinski definition) is 4. The molecule has 5 nitrogen and oxygen atoms in total. The van der Waals surface area contributed by atoms with E-state index in [0.717, 1.165) is 11.9 Å². The molecule has 0 heterocycles. The summed E-state index contributed by atoms with van der Waals surface area (Å²) >= 11 is 0.668. The Morgan fingerprint density at radius 2 is 1.89 bits per heavy atom. The van der Waals surface area contributed by atoms with Gasteiger partial charge in [0, 0.05) is 0 Å². The molecule has 0 radical (unpaired) electrons. The average Bonchev–Trinajstić information content (AvgIpc) is 2.32. The van der Waals surface area contributed by atoms with E-state index in [0.29, 0.717) is 37.6 Å². The Morgan fingerprint density at radius 1 is 1.26 bits per heavy atom. The van der Waals surface area contributed by atoms with Gasteiger partial charge in [0.15, 0.2) is 0 Å². The third kappa shape index (κ3) is 4.41. The zero-order valence-corrected chi connectivity index (χ0v) is 22.3. The first-order valence-electron chi connectivity index (χ1n) is 5.62. The molecule has 1 aromatic carbocycles. The summed E-state index contributed by atoms with van der Waals surface area (Å²) in [5.41, 5.74) is 0.656. The Morgan fingerprint density at radius 3 is 2.37 bits per heavy atom. The van der Waals surface area contributed by atoms with E-state index in [1.165, 1.54) is 6.92 Å². The number of ketones is 1. The zero-order valence-electron chi connectivity index (χ0n) is 11.3. The van der Waals surface area contributed by atoms with E-state index in [1.54, 1.807) is 14.2 Å². The van der Waals surface area contributed by atoms with E-state index < -0.39 is 0 Å². The molecule has 0 aromatic heterocycles. The number of benzene rings is 1. The molecule has 1 rings (SSSR count). The molecule has 0 spiro atoms. The molecule has 1 N–H and O–H groups in total. The molecule has 0 aliphatic heterocycles. The summed E-state index contributed by atoms with van der Waals surface area (Å²) in [6.45, 7) is 1.39. The van der Waals surface area contributed by atoms with Gasteiger partial charge in [-0.1, -0.05) is 0 Å². The fourth-order valence-corrected chi connectivity index (χ4v) is 10.1. The Hall–Kier alpha value is -0.170. The van der Waals surface area contributed by atoms with Crippen molar-refractivity contribution in [3.05, 3.63) is 6.07 Å². The number of hydrogen-bond donors (Lipinski definition) is 1. The fourth-order valence-electron chi connectivity index (χ4n) is 1.71. The standard InChI is InChI=1S/C12H13NO4.2Hg/c1-8(14)6-12(15)13-10-7-9(16-2)4-5-11(10)17-3;;/h5H,6H2,1-3H3,(H,13,15);;. The average molecular weight is 636 g/mol. The predicted molar refractivity (Wildman–Crippen MR) is 62.7 cm³/mol. The van der Waals surface area contributed by atoms with Gasteiger partial charge in [-0.25, -0.2) is 0 Å². The Bertz CT molecular complexity index is 517. The van der Waals surface area contributed by atoms with Crippen LogP contribution in [-0.4, -0.2) is 25.9 Å². The molecule has 0 saturated heterocycles. The van der Waals surface area contributed by atoms with Crippen molar-refractivity contribution in [2.45, 2.75) is 13.3 Å². The van der Waals surface area contributed by atoms with Gasteiger partial charge in [0.05, 0.1) is 0 Å². The number of carbonyl (C=O) groups excluding carboxylic acids is 2. The molecule has 0 aliphatic rings. The first-order valence-corrected chi connectivity index (χ1v) is 11.1. The number of Topliss-reactive ketones (excluding diaryl/α,β-unsaturated/α-hetero) is 1. The monoisotopic (exact) mass is 639 g/mol. The van der Waals surface area contributed by atoms with Crippen LogP contribution in [-0.2, 0) is 61.8 Å². The van der Waals surface area contributed by atoms with Gasteiger partial charge < -0.3 is 0 Å². The molecule has 0 unspecified atom stereocenters. The SMILES string of the molecule is COc1c[c]([Hg])c(OC)[c]([Hg])c1NC(=O)CC(C)=O. The minimum absolute atomic E-state index is 0.120. The van der Waals surface area contributed by atoms with Crippen LogP contribution in [0.4, 0.5) is 5.69 Å². The third-order valence-corrected chi connectivity index (χ3v) is 7.18. The number of carbonyl (C=O) groups is 2. The van der Waals surface area contributed by atoms with Crippen LogP contribution in [0.25, 0.3) is 0 Å². The topological polar surface area (TPSA) is 64.6 Å². The van der Waals surface area contributed by atoms with Crippen LogP contribution >= 0.6 is 0 Å². The summed E-state index contributed by atoms with van der Waals surface area (Å²) in [4.78, 5) is 22.7. The molecule has 0 saturated carbocycles. The van der Waals surface area contributed by atoms with E-state index in [1.807, 2.05) is 6.07 Å². The molecular weight excluding hydrogens is 623 g/mol. The van der Waals surface area contributed by atoms with Crippen molar-refractivity contribution >= 4 is 23.5 Å². The Kier molecular flexibility index (Phi) is 6.73. The van der Waals surface area contributed by atoms with Crippen molar-refractivity contribution in [3.63, 3.8) is 0 Å². The maximum atomic E-state index is 11.7. The molecule has 94 valence electrons. The molecule has 19 heavy (non-hydrogen) atoms. The second-order valence-electron chi connectivity index (χ2n) is 4.05. The van der Waals surface area contributed by atoms with Gasteiger partial charge in [-0.2, -0.15) is 0 Å². The molecule has 0 fully saturated rings. The fraction of sp³-hybridized carbons (Fsp3) is 0.333. The molecule has 1 amide bonds. The van der Waals surface area contributed by atoms with Crippen LogP contribution in [0.1, 0.15) is 13.3 Å².